The number of nitrogens with zero attached hydrogens (tertiary/aromatic N) is 3. The van der Waals surface area contributed by atoms with Crippen molar-refractivity contribution in [1.29, 1.82) is 0 Å². The second-order valence-electron chi connectivity index (χ2n) is 7.15. The summed E-state index contributed by atoms with van der Waals surface area (Å²) in [6.07, 6.45) is 2.44. The van der Waals surface area contributed by atoms with Crippen LogP contribution in [0.1, 0.15) is 17.7 Å². The average molecular weight is 378 g/mol. The molecule has 142 valence electrons. The molecule has 0 aromatic carbocycles. The normalized spacial score (nSPS) is 22.3. The molecule has 2 bridgehead atoms. The number of rotatable bonds is 5. The van der Waals surface area contributed by atoms with Crippen LogP contribution in [0.25, 0.3) is 0 Å². The summed E-state index contributed by atoms with van der Waals surface area (Å²) in [7, 11) is 3.38. The molecule has 0 aliphatic carbocycles. The summed E-state index contributed by atoms with van der Waals surface area (Å²) in [6.45, 7) is 1.61. The number of hydrogen-bond acceptors (Lipinski definition) is 4. The lowest BCUT2D eigenvalue weighted by Crippen LogP contribution is -2.52. The molecular formula is C18H26N4O3S. The Labute approximate surface area is 157 Å². The maximum Gasteiger partial charge on any atom is 0.317 e. The van der Waals surface area contributed by atoms with Crippen molar-refractivity contribution in [2.24, 2.45) is 5.92 Å². The lowest BCUT2D eigenvalue weighted by Gasteiger charge is -2.35. The maximum absolute atomic E-state index is 12.7. The Morgan fingerprint density at radius 3 is 2.81 bits per heavy atom. The van der Waals surface area contributed by atoms with Crippen LogP contribution >= 0.6 is 11.3 Å². The van der Waals surface area contributed by atoms with E-state index in [1.54, 1.807) is 35.2 Å². The molecular weight excluding hydrogens is 352 g/mol. The molecule has 3 fully saturated rings. The summed E-state index contributed by atoms with van der Waals surface area (Å²) < 4.78 is 0. The van der Waals surface area contributed by atoms with Crippen molar-refractivity contribution >= 4 is 29.2 Å². The van der Waals surface area contributed by atoms with Crippen LogP contribution in [0.3, 0.4) is 0 Å². The van der Waals surface area contributed by atoms with E-state index in [1.807, 2.05) is 11.4 Å². The number of hydrogen-bond donors (Lipinski definition) is 1. The molecule has 8 heteroatoms. The summed E-state index contributed by atoms with van der Waals surface area (Å²) in [5.74, 6) is -0.282. The topological polar surface area (TPSA) is 73.0 Å². The van der Waals surface area contributed by atoms with Crippen molar-refractivity contribution in [3.63, 3.8) is 0 Å². The molecule has 3 aliphatic rings. The summed E-state index contributed by atoms with van der Waals surface area (Å²) >= 11 is 1.68. The van der Waals surface area contributed by atoms with Gasteiger partial charge >= 0.3 is 6.03 Å². The van der Waals surface area contributed by atoms with Crippen LogP contribution in [0.2, 0.25) is 0 Å². The second kappa shape index (κ2) is 8.07. The van der Waals surface area contributed by atoms with E-state index >= 15 is 0 Å². The first kappa shape index (κ1) is 18.7. The number of piperidine rings is 1. The Bertz CT molecular complexity index is 661. The van der Waals surface area contributed by atoms with E-state index in [0.717, 1.165) is 19.3 Å². The summed E-state index contributed by atoms with van der Waals surface area (Å²) in [5, 5.41) is 4.99. The molecule has 26 heavy (non-hydrogen) atoms. The van der Waals surface area contributed by atoms with Gasteiger partial charge in [-0.1, -0.05) is 6.07 Å². The van der Waals surface area contributed by atoms with Crippen molar-refractivity contribution in [2.75, 3.05) is 40.3 Å². The van der Waals surface area contributed by atoms with Crippen LogP contribution in [0.15, 0.2) is 17.5 Å². The van der Waals surface area contributed by atoms with E-state index < -0.39 is 0 Å². The first-order valence-corrected chi connectivity index (χ1v) is 9.89. The predicted octanol–water partition coefficient (Wildman–Crippen LogP) is 1.01. The smallest absolute Gasteiger partial charge is 0.317 e. The molecule has 4 rings (SSSR count). The van der Waals surface area contributed by atoms with Gasteiger partial charge < -0.3 is 20.0 Å². The first-order valence-electron chi connectivity index (χ1n) is 9.01. The van der Waals surface area contributed by atoms with E-state index in [2.05, 4.69) is 11.4 Å². The Morgan fingerprint density at radius 2 is 2.12 bits per heavy atom. The highest BCUT2D eigenvalue weighted by Crippen LogP contribution is 2.29. The fourth-order valence-electron chi connectivity index (χ4n) is 3.56. The van der Waals surface area contributed by atoms with Gasteiger partial charge in [0.05, 0.1) is 5.92 Å². The third kappa shape index (κ3) is 4.17. The molecule has 2 atom stereocenters. The lowest BCUT2D eigenvalue weighted by molar-refractivity contribution is -0.145. The summed E-state index contributed by atoms with van der Waals surface area (Å²) in [5.41, 5.74) is 0. The van der Waals surface area contributed by atoms with Crippen molar-refractivity contribution < 1.29 is 14.4 Å². The zero-order valence-corrected chi connectivity index (χ0v) is 16.1. The van der Waals surface area contributed by atoms with Gasteiger partial charge in [0.1, 0.15) is 6.54 Å². The van der Waals surface area contributed by atoms with Crippen molar-refractivity contribution in [3.8, 4) is 0 Å². The standard InChI is InChI=1S/C18H26N4O3S/c1-20(2)16(23)12-22-14-6-5-13(17(22)24)10-21(11-14)18(25)19-8-7-15-4-3-9-26-15/h3-4,9,13-14H,5-8,10-12H2,1-2H3,(H,19,25)/t13-,14+/m1/s1. The second-order valence-corrected chi connectivity index (χ2v) is 8.18. The Balaban J connectivity index is 1.58. The highest BCUT2D eigenvalue weighted by atomic mass is 32.1. The van der Waals surface area contributed by atoms with Gasteiger partial charge in [-0.2, -0.15) is 0 Å². The Morgan fingerprint density at radius 1 is 1.31 bits per heavy atom. The van der Waals surface area contributed by atoms with Crippen LogP contribution in [0.5, 0.6) is 0 Å². The zero-order valence-electron chi connectivity index (χ0n) is 15.3. The maximum atomic E-state index is 12.7. The quantitative estimate of drug-likeness (QED) is 0.831. The van der Waals surface area contributed by atoms with Gasteiger partial charge in [-0.05, 0) is 30.7 Å². The predicted molar refractivity (Wildman–Crippen MR) is 99.9 cm³/mol. The van der Waals surface area contributed by atoms with Crippen molar-refractivity contribution in [3.05, 3.63) is 22.4 Å². The first-order chi connectivity index (χ1) is 12.5. The van der Waals surface area contributed by atoms with Gasteiger partial charge in [0.15, 0.2) is 0 Å². The van der Waals surface area contributed by atoms with Crippen LogP contribution < -0.4 is 5.32 Å². The van der Waals surface area contributed by atoms with E-state index in [0.29, 0.717) is 19.6 Å². The van der Waals surface area contributed by atoms with E-state index in [1.165, 1.54) is 9.78 Å². The van der Waals surface area contributed by atoms with Crippen molar-refractivity contribution in [1.82, 2.24) is 20.0 Å². The SMILES string of the molecule is CN(C)C(=O)CN1C(=O)[C@@H]2CC[C@H]1CN(C(=O)NCCc1cccs1)C2. The van der Waals surface area contributed by atoms with E-state index in [9.17, 15) is 14.4 Å². The van der Waals surface area contributed by atoms with Crippen molar-refractivity contribution in [2.45, 2.75) is 25.3 Å². The van der Waals surface area contributed by atoms with Crippen LogP contribution in [0.4, 0.5) is 4.79 Å². The number of likely N-dealkylation sites (N-methyl/N-ethyl adjacent to an activating group) is 1. The molecule has 7 nitrogen and oxygen atoms in total. The molecule has 1 aromatic heterocycles. The highest BCUT2D eigenvalue weighted by molar-refractivity contribution is 7.09. The molecule has 0 saturated carbocycles. The molecule has 4 heterocycles. The van der Waals surface area contributed by atoms with Gasteiger partial charge in [-0.3, -0.25) is 9.59 Å². The number of urea groups is 1. The average Bonchev–Trinajstić information content (AvgIpc) is 2.97. The molecule has 4 amide bonds. The molecule has 0 unspecified atom stereocenters. The molecule has 3 saturated heterocycles. The van der Waals surface area contributed by atoms with E-state index in [4.69, 9.17) is 0 Å². The molecule has 3 aliphatic heterocycles. The minimum atomic E-state index is -0.202. The largest absolute Gasteiger partial charge is 0.347 e. The third-order valence-electron chi connectivity index (χ3n) is 5.11. The van der Waals surface area contributed by atoms with Gasteiger partial charge in [0.25, 0.3) is 0 Å². The number of nitrogens with one attached hydrogen (secondary N) is 1. The van der Waals surface area contributed by atoms with Gasteiger partial charge in [0, 0.05) is 44.6 Å². The van der Waals surface area contributed by atoms with Gasteiger partial charge in [-0.15, -0.1) is 11.3 Å². The molecule has 1 aromatic rings. The Hall–Kier alpha value is -2.09. The monoisotopic (exact) mass is 378 g/mol. The Kier molecular flexibility index (Phi) is 5.80. The summed E-state index contributed by atoms with van der Waals surface area (Å²) in [6, 6.07) is 3.87. The van der Waals surface area contributed by atoms with Crippen LogP contribution in [0, 0.1) is 5.92 Å². The third-order valence-corrected chi connectivity index (χ3v) is 6.05. The number of amides is 4. The number of thiophene rings is 1. The van der Waals surface area contributed by atoms with Gasteiger partial charge in [0.2, 0.25) is 11.8 Å². The molecule has 1 N–H and O–H groups in total. The summed E-state index contributed by atoms with van der Waals surface area (Å²) in [4.78, 5) is 43.5. The highest BCUT2D eigenvalue weighted by Gasteiger charge is 2.42. The number of carbonyl (C=O) groups excluding carboxylic acids is 3. The van der Waals surface area contributed by atoms with Crippen LogP contribution in [-0.2, 0) is 16.0 Å². The zero-order chi connectivity index (χ0) is 18.7. The van der Waals surface area contributed by atoms with E-state index in [-0.39, 0.29) is 36.3 Å². The number of fused-ring (bicyclic) bond motifs is 4. The lowest BCUT2D eigenvalue weighted by atomic mass is 9.94. The number of carbonyl (C=O) groups is 3. The van der Waals surface area contributed by atoms with Crippen LogP contribution in [-0.4, -0.2) is 78.9 Å². The molecule has 0 radical (unpaired) electrons. The minimum Gasteiger partial charge on any atom is -0.347 e. The fourth-order valence-corrected chi connectivity index (χ4v) is 4.27. The molecule has 0 spiro atoms. The van der Waals surface area contributed by atoms with Gasteiger partial charge in [-0.25, -0.2) is 4.79 Å². The fraction of sp³-hybridized carbons (Fsp3) is 0.611. The minimum absolute atomic E-state index is 0.00494.